The van der Waals surface area contributed by atoms with Crippen LogP contribution < -0.4 is 5.73 Å². The first-order chi connectivity index (χ1) is 3.80. The van der Waals surface area contributed by atoms with E-state index >= 15 is 0 Å². The molecule has 0 aliphatic rings. The third kappa shape index (κ3) is 0.928. The quantitative estimate of drug-likeness (QED) is 0.538. The zero-order valence-corrected chi connectivity index (χ0v) is 5.02. The Kier molecular flexibility index (Phi) is 1.40. The van der Waals surface area contributed by atoms with Gasteiger partial charge in [-0.2, -0.15) is 0 Å². The molecule has 1 aromatic rings. The molecule has 8 heavy (non-hydrogen) atoms. The fourth-order valence-electron chi connectivity index (χ4n) is 0.475. The first kappa shape index (κ1) is 5.45. The van der Waals surface area contributed by atoms with E-state index in [1.54, 1.807) is 12.1 Å². The number of hydrogen-bond donors (Lipinski definition) is 1. The highest BCUT2D eigenvalue weighted by Crippen LogP contribution is 2.15. The molecule has 0 bridgehead atoms. The van der Waals surface area contributed by atoms with Crippen molar-refractivity contribution < 1.29 is 0 Å². The fraction of sp³-hybridized carbons (Fsp3) is 0. The molecule has 42 valence electrons. The molecule has 0 spiro atoms. The first-order valence-electron chi connectivity index (χ1n) is 2.31. The van der Waals surface area contributed by atoms with E-state index in [2.05, 4.69) is 0 Å². The lowest BCUT2D eigenvalue weighted by molar-refractivity contribution is 1.68. The van der Waals surface area contributed by atoms with Crippen LogP contribution in [0.2, 0.25) is 5.02 Å². The topological polar surface area (TPSA) is 26.0 Å². The Labute approximate surface area is 53.1 Å². The van der Waals surface area contributed by atoms with Crippen LogP contribution in [0.1, 0.15) is 0 Å². The molecular formula is C6H6ClN. The minimum absolute atomic E-state index is 0.618. The number of rotatable bonds is 0. The van der Waals surface area contributed by atoms with Gasteiger partial charge >= 0.3 is 0 Å². The maximum absolute atomic E-state index is 5.58. The predicted molar refractivity (Wildman–Crippen MR) is 35.9 cm³/mol. The van der Waals surface area contributed by atoms with Gasteiger partial charge in [0.25, 0.3) is 0 Å². The van der Waals surface area contributed by atoms with Crippen molar-refractivity contribution in [3.63, 3.8) is 0 Å². The maximum atomic E-state index is 5.58. The van der Waals surface area contributed by atoms with E-state index < -0.39 is 0 Å². The van der Waals surface area contributed by atoms with Gasteiger partial charge < -0.3 is 5.73 Å². The van der Waals surface area contributed by atoms with Crippen LogP contribution in [0.15, 0.2) is 24.3 Å². The minimum atomic E-state index is 0.618. The molecule has 0 aliphatic heterocycles. The van der Waals surface area contributed by atoms with E-state index in [-0.39, 0.29) is 0 Å². The molecule has 0 amide bonds. The monoisotopic (exact) mass is 133 g/mol. The van der Waals surface area contributed by atoms with E-state index in [1.165, 1.54) is 0 Å². The number of nitrogen functional groups attached to an aromatic ring is 1. The van der Waals surface area contributed by atoms with E-state index in [0.717, 1.165) is 0 Å². The molecule has 0 saturated carbocycles. The summed E-state index contributed by atoms with van der Waals surface area (Å²) in [4.78, 5) is 0. The lowest BCUT2D eigenvalue weighted by Crippen LogP contribution is -1.82. The molecule has 0 atom stereocenters. The minimum Gasteiger partial charge on any atom is -0.398 e. The smallest absolute Gasteiger partial charge is 0.0635 e. The van der Waals surface area contributed by atoms with Crippen LogP contribution in [0.25, 0.3) is 0 Å². The first-order valence-corrected chi connectivity index (χ1v) is 2.68. The van der Waals surface area contributed by atoms with Crippen LogP contribution in [0.5, 0.6) is 0 Å². The fourth-order valence-corrected chi connectivity index (χ4v) is 0.611. The summed E-state index contributed by atoms with van der Waals surface area (Å²) in [7, 11) is 0. The Balaban J connectivity index is 3.13. The van der Waals surface area contributed by atoms with Crippen molar-refractivity contribution in [2.24, 2.45) is 0 Å². The number of anilines is 1. The molecule has 2 heteroatoms. The zero-order chi connectivity index (χ0) is 5.98. The van der Waals surface area contributed by atoms with Gasteiger partial charge in [-0.1, -0.05) is 23.7 Å². The molecule has 0 saturated heterocycles. The largest absolute Gasteiger partial charge is 0.398 e. The molecule has 1 aromatic carbocycles. The molecule has 0 unspecified atom stereocenters. The second-order valence-corrected chi connectivity index (χ2v) is 1.93. The summed E-state index contributed by atoms with van der Waals surface area (Å²) < 4.78 is 0. The summed E-state index contributed by atoms with van der Waals surface area (Å²) in [5.41, 5.74) is 6.02. The summed E-state index contributed by atoms with van der Waals surface area (Å²) >= 11 is 5.58. The van der Waals surface area contributed by atoms with Crippen molar-refractivity contribution in [2.75, 3.05) is 5.73 Å². The highest BCUT2D eigenvalue weighted by atomic mass is 35.5. The normalized spacial score (nSPS) is 9.12. The van der Waals surface area contributed by atoms with Gasteiger partial charge in [0.1, 0.15) is 0 Å². The van der Waals surface area contributed by atoms with Crippen LogP contribution in [0, 0.1) is 0 Å². The van der Waals surface area contributed by atoms with Crippen LogP contribution in [-0.4, -0.2) is 0 Å². The average Bonchev–Trinajstić information content (AvgIpc) is 1.77. The molecule has 1 nitrogen and oxygen atoms in total. The van der Waals surface area contributed by atoms with Crippen molar-refractivity contribution in [3.8, 4) is 0 Å². The summed E-state index contributed by atoms with van der Waals surface area (Å²) in [6.45, 7) is 0. The van der Waals surface area contributed by atoms with Gasteiger partial charge in [0.15, 0.2) is 0 Å². The number of halogens is 1. The zero-order valence-electron chi connectivity index (χ0n) is 4.26. The Bertz CT molecular complexity index is 165. The molecule has 1 rings (SSSR count). The van der Waals surface area contributed by atoms with Crippen molar-refractivity contribution in [1.82, 2.24) is 0 Å². The second-order valence-electron chi connectivity index (χ2n) is 1.52. The van der Waals surface area contributed by atoms with Crippen molar-refractivity contribution in [2.45, 2.75) is 0 Å². The van der Waals surface area contributed by atoms with Gasteiger partial charge in [-0.05, 0) is 12.1 Å². The second kappa shape index (κ2) is 2.05. The van der Waals surface area contributed by atoms with Crippen LogP contribution in [0.4, 0.5) is 5.69 Å². The average molecular weight is 134 g/mol. The lowest BCUT2D eigenvalue weighted by Gasteiger charge is -1.91. The van der Waals surface area contributed by atoms with Gasteiger partial charge in [-0.15, -0.1) is 0 Å². The number of para-hydroxylation sites is 1. The highest BCUT2D eigenvalue weighted by Gasteiger charge is 1.87. The number of benzene rings is 1. The molecule has 0 aromatic heterocycles. The predicted octanol–water partition coefficient (Wildman–Crippen LogP) is 1.92. The highest BCUT2D eigenvalue weighted by molar-refractivity contribution is 6.33. The van der Waals surface area contributed by atoms with Gasteiger partial charge in [-0.3, -0.25) is 0 Å². The third-order valence-corrected chi connectivity index (χ3v) is 1.25. The van der Waals surface area contributed by atoms with Crippen LogP contribution in [0.3, 0.4) is 0 Å². The van der Waals surface area contributed by atoms with E-state index in [4.69, 9.17) is 17.3 Å². The Morgan fingerprint density at radius 1 is 1.25 bits per heavy atom. The van der Waals surface area contributed by atoms with E-state index in [1.807, 2.05) is 12.1 Å². The Hall–Kier alpha value is -0.690. The SMILES string of the molecule is N[13c]1[13cH][13cH][13cH][13cH][13c]1Cl. The van der Waals surface area contributed by atoms with Crippen molar-refractivity contribution >= 4 is 17.3 Å². The molecule has 2 N–H and O–H groups in total. The van der Waals surface area contributed by atoms with Gasteiger partial charge in [0.05, 0.1) is 10.7 Å². The molecular weight excluding hydrogens is 127 g/mol. The van der Waals surface area contributed by atoms with Gasteiger partial charge in [0, 0.05) is 0 Å². The summed E-state index contributed by atoms with van der Waals surface area (Å²) in [5, 5.41) is 0.618. The van der Waals surface area contributed by atoms with Crippen molar-refractivity contribution in [3.05, 3.63) is 29.3 Å². The maximum Gasteiger partial charge on any atom is 0.0635 e. The molecule has 0 fully saturated rings. The molecule has 0 aliphatic carbocycles. The third-order valence-electron chi connectivity index (χ3n) is 0.905. The molecule has 0 heterocycles. The van der Waals surface area contributed by atoms with Gasteiger partial charge in [-0.25, -0.2) is 0 Å². The van der Waals surface area contributed by atoms with Gasteiger partial charge in [0.2, 0.25) is 0 Å². The van der Waals surface area contributed by atoms with Crippen LogP contribution >= 0.6 is 11.6 Å². The number of nitrogens with two attached hydrogens (primary N) is 1. The summed E-state index contributed by atoms with van der Waals surface area (Å²) in [6.07, 6.45) is 0. The summed E-state index contributed by atoms with van der Waals surface area (Å²) in [5.74, 6) is 0. The van der Waals surface area contributed by atoms with Crippen molar-refractivity contribution in [1.29, 1.82) is 0 Å². The Morgan fingerprint density at radius 2 is 1.88 bits per heavy atom. The van der Waals surface area contributed by atoms with Crippen LogP contribution in [-0.2, 0) is 0 Å². The Morgan fingerprint density at radius 3 is 2.25 bits per heavy atom. The molecule has 0 radical (unpaired) electrons. The summed E-state index contributed by atoms with van der Waals surface area (Å²) in [6, 6.07) is 7.22. The van der Waals surface area contributed by atoms with E-state index in [9.17, 15) is 0 Å². The lowest BCUT2D eigenvalue weighted by atomic mass is 11.3. The standard InChI is InChI=1S/C6H6ClN/c7-5-3-1-2-4-6(5)8/h1-4H,8H2/i1+1,2+1,3+1,4+1,5+1,6+1. The number of hydrogen-bond acceptors (Lipinski definition) is 1. The van der Waals surface area contributed by atoms with E-state index in [0.29, 0.717) is 10.7 Å².